The lowest BCUT2D eigenvalue weighted by Crippen LogP contribution is -2.32. The van der Waals surface area contributed by atoms with Gasteiger partial charge in [-0.05, 0) is 42.5 Å². The average Bonchev–Trinajstić information content (AvgIpc) is 2.62. The fourth-order valence-electron chi connectivity index (χ4n) is 2.67. The summed E-state index contributed by atoms with van der Waals surface area (Å²) >= 11 is 6.12. The number of amides is 1. The van der Waals surface area contributed by atoms with E-state index in [4.69, 9.17) is 16.3 Å². The van der Waals surface area contributed by atoms with Gasteiger partial charge in [0.25, 0.3) is 5.91 Å². The molecule has 0 saturated heterocycles. The molecule has 3 aromatic rings. The van der Waals surface area contributed by atoms with Crippen LogP contribution in [-0.2, 0) is 4.79 Å². The molecule has 0 saturated carbocycles. The largest absolute Gasteiger partial charge is 0.480 e. The van der Waals surface area contributed by atoms with Crippen LogP contribution in [0.1, 0.15) is 18.9 Å². The molecule has 25 heavy (non-hydrogen) atoms. The molecular formula is C21H20ClNO2. The SMILES string of the molecule is CCC(Oc1cccc2ccccc12)C(=O)Nc1ccc(C)c(Cl)c1. The van der Waals surface area contributed by atoms with Crippen LogP contribution in [0.3, 0.4) is 0 Å². The first kappa shape index (κ1) is 17.3. The number of rotatable bonds is 5. The van der Waals surface area contributed by atoms with Crippen LogP contribution in [0, 0.1) is 6.92 Å². The van der Waals surface area contributed by atoms with Gasteiger partial charge in [0.05, 0.1) is 0 Å². The van der Waals surface area contributed by atoms with Gasteiger partial charge in [-0.1, -0.05) is 61.0 Å². The van der Waals surface area contributed by atoms with E-state index in [2.05, 4.69) is 5.32 Å². The number of aryl methyl sites for hydroxylation is 1. The number of benzene rings is 3. The molecule has 0 aromatic heterocycles. The molecular weight excluding hydrogens is 334 g/mol. The van der Waals surface area contributed by atoms with Gasteiger partial charge in [-0.25, -0.2) is 0 Å². The van der Waals surface area contributed by atoms with Crippen molar-refractivity contribution in [1.82, 2.24) is 0 Å². The van der Waals surface area contributed by atoms with Gasteiger partial charge in [0.2, 0.25) is 0 Å². The quantitative estimate of drug-likeness (QED) is 0.648. The van der Waals surface area contributed by atoms with Crippen LogP contribution >= 0.6 is 11.6 Å². The van der Waals surface area contributed by atoms with E-state index in [0.29, 0.717) is 22.9 Å². The smallest absolute Gasteiger partial charge is 0.265 e. The van der Waals surface area contributed by atoms with Crippen molar-refractivity contribution < 1.29 is 9.53 Å². The predicted octanol–water partition coefficient (Wildman–Crippen LogP) is 5.60. The van der Waals surface area contributed by atoms with Gasteiger partial charge in [0.1, 0.15) is 5.75 Å². The van der Waals surface area contributed by atoms with Crippen LogP contribution in [-0.4, -0.2) is 12.0 Å². The van der Waals surface area contributed by atoms with E-state index in [1.165, 1.54) is 0 Å². The van der Waals surface area contributed by atoms with Crippen molar-refractivity contribution in [3.05, 3.63) is 71.2 Å². The topological polar surface area (TPSA) is 38.3 Å². The highest BCUT2D eigenvalue weighted by atomic mass is 35.5. The zero-order valence-electron chi connectivity index (χ0n) is 14.3. The highest BCUT2D eigenvalue weighted by Gasteiger charge is 2.19. The highest BCUT2D eigenvalue weighted by Crippen LogP contribution is 2.27. The van der Waals surface area contributed by atoms with Gasteiger partial charge < -0.3 is 10.1 Å². The van der Waals surface area contributed by atoms with E-state index in [9.17, 15) is 4.79 Å². The standard InChI is InChI=1S/C21H20ClNO2/c1-3-19(21(24)23-16-12-11-14(2)18(22)13-16)25-20-10-6-8-15-7-4-5-9-17(15)20/h4-13,19H,3H2,1-2H3,(H,23,24). The molecule has 0 aliphatic heterocycles. The molecule has 0 aliphatic carbocycles. The molecule has 128 valence electrons. The number of fused-ring (bicyclic) bond motifs is 1. The highest BCUT2D eigenvalue weighted by molar-refractivity contribution is 6.31. The second-order valence-electron chi connectivity index (χ2n) is 5.95. The Morgan fingerprint density at radius 1 is 1.12 bits per heavy atom. The number of anilines is 1. The number of hydrogen-bond donors (Lipinski definition) is 1. The number of ether oxygens (including phenoxy) is 1. The summed E-state index contributed by atoms with van der Waals surface area (Å²) in [6.45, 7) is 3.85. The minimum Gasteiger partial charge on any atom is -0.480 e. The van der Waals surface area contributed by atoms with Gasteiger partial charge >= 0.3 is 0 Å². The lowest BCUT2D eigenvalue weighted by molar-refractivity contribution is -0.122. The number of halogens is 1. The maximum Gasteiger partial charge on any atom is 0.265 e. The molecule has 3 aromatic carbocycles. The molecule has 0 bridgehead atoms. The number of carbonyl (C=O) groups excluding carboxylic acids is 1. The molecule has 3 rings (SSSR count). The van der Waals surface area contributed by atoms with Gasteiger partial charge in [-0.2, -0.15) is 0 Å². The van der Waals surface area contributed by atoms with E-state index >= 15 is 0 Å². The van der Waals surface area contributed by atoms with Gasteiger partial charge in [0.15, 0.2) is 6.10 Å². The molecule has 4 heteroatoms. The number of hydrogen-bond acceptors (Lipinski definition) is 2. The van der Waals surface area contributed by atoms with Crippen LogP contribution in [0.25, 0.3) is 10.8 Å². The second kappa shape index (κ2) is 7.58. The lowest BCUT2D eigenvalue weighted by Gasteiger charge is -2.18. The summed E-state index contributed by atoms with van der Waals surface area (Å²) in [5, 5.41) is 5.59. The predicted molar refractivity (Wildman–Crippen MR) is 103 cm³/mol. The Labute approximate surface area is 152 Å². The van der Waals surface area contributed by atoms with Crippen LogP contribution < -0.4 is 10.1 Å². The summed E-state index contributed by atoms with van der Waals surface area (Å²) < 4.78 is 6.02. The maximum absolute atomic E-state index is 12.6. The minimum atomic E-state index is -0.578. The fourth-order valence-corrected chi connectivity index (χ4v) is 2.85. The summed E-state index contributed by atoms with van der Waals surface area (Å²) in [5.41, 5.74) is 1.64. The molecule has 3 nitrogen and oxygen atoms in total. The average molecular weight is 354 g/mol. The zero-order chi connectivity index (χ0) is 17.8. The summed E-state index contributed by atoms with van der Waals surface area (Å²) in [6.07, 6.45) is -0.0137. The first-order chi connectivity index (χ1) is 12.1. The molecule has 0 heterocycles. The first-order valence-corrected chi connectivity index (χ1v) is 8.67. The Hall–Kier alpha value is -2.52. The number of nitrogens with one attached hydrogen (secondary N) is 1. The molecule has 0 aliphatic rings. The normalized spacial score (nSPS) is 12.0. The van der Waals surface area contributed by atoms with Crippen molar-refractivity contribution in [3.63, 3.8) is 0 Å². The van der Waals surface area contributed by atoms with E-state index in [1.807, 2.05) is 68.4 Å². The van der Waals surface area contributed by atoms with Crippen LogP contribution in [0.5, 0.6) is 5.75 Å². The fraction of sp³-hybridized carbons (Fsp3) is 0.190. The molecule has 1 amide bonds. The van der Waals surface area contributed by atoms with E-state index in [1.54, 1.807) is 6.07 Å². The summed E-state index contributed by atoms with van der Waals surface area (Å²) in [7, 11) is 0. The Morgan fingerprint density at radius 2 is 1.88 bits per heavy atom. The Balaban J connectivity index is 1.79. The van der Waals surface area contributed by atoms with E-state index < -0.39 is 6.10 Å². The van der Waals surface area contributed by atoms with Crippen molar-refractivity contribution in [2.24, 2.45) is 0 Å². The van der Waals surface area contributed by atoms with E-state index in [-0.39, 0.29) is 5.91 Å². The third-order valence-corrected chi connectivity index (χ3v) is 4.53. The monoisotopic (exact) mass is 353 g/mol. The summed E-state index contributed by atoms with van der Waals surface area (Å²) in [6, 6.07) is 19.3. The molecule has 1 atom stereocenters. The van der Waals surface area contributed by atoms with Crippen molar-refractivity contribution in [1.29, 1.82) is 0 Å². The summed E-state index contributed by atoms with van der Waals surface area (Å²) in [5.74, 6) is 0.525. The number of carbonyl (C=O) groups is 1. The molecule has 0 spiro atoms. The first-order valence-electron chi connectivity index (χ1n) is 8.30. The third kappa shape index (κ3) is 3.94. The van der Waals surface area contributed by atoms with Crippen molar-refractivity contribution in [3.8, 4) is 5.75 Å². The Morgan fingerprint density at radius 3 is 2.64 bits per heavy atom. The van der Waals surface area contributed by atoms with Crippen molar-refractivity contribution in [2.45, 2.75) is 26.4 Å². The van der Waals surface area contributed by atoms with Crippen LogP contribution in [0.2, 0.25) is 5.02 Å². The zero-order valence-corrected chi connectivity index (χ0v) is 15.0. The lowest BCUT2D eigenvalue weighted by atomic mass is 10.1. The third-order valence-electron chi connectivity index (χ3n) is 4.12. The Kier molecular flexibility index (Phi) is 5.25. The molecule has 0 fully saturated rings. The van der Waals surface area contributed by atoms with E-state index in [0.717, 1.165) is 16.3 Å². The Bertz CT molecular complexity index is 902. The van der Waals surface area contributed by atoms with Crippen molar-refractivity contribution >= 4 is 34.0 Å². The van der Waals surface area contributed by atoms with Crippen LogP contribution in [0.15, 0.2) is 60.7 Å². The maximum atomic E-state index is 12.6. The van der Waals surface area contributed by atoms with Gasteiger partial charge in [0, 0.05) is 16.1 Å². The molecule has 0 radical (unpaired) electrons. The van der Waals surface area contributed by atoms with Crippen LogP contribution in [0.4, 0.5) is 5.69 Å². The van der Waals surface area contributed by atoms with Gasteiger partial charge in [-0.15, -0.1) is 0 Å². The molecule has 1 unspecified atom stereocenters. The summed E-state index contributed by atoms with van der Waals surface area (Å²) in [4.78, 5) is 12.6. The molecule has 1 N–H and O–H groups in total. The minimum absolute atomic E-state index is 0.185. The van der Waals surface area contributed by atoms with Crippen molar-refractivity contribution in [2.75, 3.05) is 5.32 Å². The van der Waals surface area contributed by atoms with Gasteiger partial charge in [-0.3, -0.25) is 4.79 Å². The second-order valence-corrected chi connectivity index (χ2v) is 6.35.